The summed E-state index contributed by atoms with van der Waals surface area (Å²) in [7, 11) is 1.58. The number of rotatable bonds is 2. The summed E-state index contributed by atoms with van der Waals surface area (Å²) < 4.78 is 2.59. The molecule has 0 fully saturated rings. The fourth-order valence-corrected chi connectivity index (χ4v) is 3.81. The summed E-state index contributed by atoms with van der Waals surface area (Å²) in [5, 5.41) is 14.8. The minimum Gasteiger partial charge on any atom is -0.505 e. The van der Waals surface area contributed by atoms with Crippen LogP contribution < -0.4 is 10.9 Å². The topological polar surface area (TPSA) is 71.3 Å². The van der Waals surface area contributed by atoms with Crippen molar-refractivity contribution in [2.75, 3.05) is 5.32 Å². The molecule has 3 aromatic rings. The van der Waals surface area contributed by atoms with Crippen molar-refractivity contribution in [2.24, 2.45) is 7.05 Å². The van der Waals surface area contributed by atoms with Gasteiger partial charge in [0.2, 0.25) is 0 Å². The molecule has 0 atom stereocenters. The van der Waals surface area contributed by atoms with Crippen LogP contribution in [0.4, 0.5) is 5.69 Å². The van der Waals surface area contributed by atoms with Crippen molar-refractivity contribution in [2.45, 2.75) is 6.92 Å². The molecule has 0 saturated carbocycles. The second-order valence-electron chi connectivity index (χ2n) is 5.16. The maximum absolute atomic E-state index is 12.5. The summed E-state index contributed by atoms with van der Waals surface area (Å²) in [6.07, 6.45) is 0. The number of fused-ring (bicyclic) bond motifs is 1. The quantitative estimate of drug-likeness (QED) is 0.699. The molecule has 23 heavy (non-hydrogen) atoms. The Morgan fingerprint density at radius 3 is 2.78 bits per heavy atom. The van der Waals surface area contributed by atoms with E-state index in [2.05, 4.69) is 21.2 Å². The van der Waals surface area contributed by atoms with Crippen LogP contribution in [-0.2, 0) is 7.05 Å². The highest BCUT2D eigenvalue weighted by atomic mass is 79.9. The largest absolute Gasteiger partial charge is 0.505 e. The van der Waals surface area contributed by atoms with Crippen LogP contribution >= 0.6 is 27.3 Å². The van der Waals surface area contributed by atoms with Gasteiger partial charge in [0, 0.05) is 11.5 Å². The van der Waals surface area contributed by atoms with Crippen molar-refractivity contribution in [1.29, 1.82) is 0 Å². The summed E-state index contributed by atoms with van der Waals surface area (Å²) in [5.74, 6) is -0.915. The van der Waals surface area contributed by atoms with Crippen LogP contribution in [0.25, 0.3) is 10.2 Å². The van der Waals surface area contributed by atoms with Gasteiger partial charge >= 0.3 is 0 Å². The number of anilines is 1. The zero-order chi connectivity index (χ0) is 16.7. The van der Waals surface area contributed by atoms with E-state index in [0.717, 1.165) is 5.56 Å². The van der Waals surface area contributed by atoms with E-state index < -0.39 is 11.5 Å². The van der Waals surface area contributed by atoms with E-state index in [1.54, 1.807) is 24.6 Å². The van der Waals surface area contributed by atoms with Gasteiger partial charge in [-0.15, -0.1) is 11.3 Å². The molecular formula is C16H13BrN2O3S. The third-order valence-electron chi connectivity index (χ3n) is 3.58. The van der Waals surface area contributed by atoms with Crippen LogP contribution in [0.3, 0.4) is 0 Å². The number of nitrogens with zero attached hydrogens (tertiary/aromatic N) is 1. The van der Waals surface area contributed by atoms with Gasteiger partial charge in [-0.25, -0.2) is 0 Å². The molecule has 0 spiro atoms. The fraction of sp³-hybridized carbons (Fsp3) is 0.125. The number of hydrogen-bond acceptors (Lipinski definition) is 4. The molecule has 5 nitrogen and oxygen atoms in total. The Kier molecular flexibility index (Phi) is 3.99. The predicted octanol–water partition coefficient (Wildman–Crippen LogP) is 3.63. The van der Waals surface area contributed by atoms with Crippen molar-refractivity contribution in [3.05, 3.63) is 55.6 Å². The van der Waals surface area contributed by atoms with Crippen LogP contribution in [-0.4, -0.2) is 15.6 Å². The molecule has 2 N–H and O–H groups in total. The lowest BCUT2D eigenvalue weighted by Gasteiger charge is -2.11. The number of carbonyl (C=O) groups is 1. The molecule has 7 heteroatoms. The van der Waals surface area contributed by atoms with Crippen LogP contribution in [0.15, 0.2) is 38.9 Å². The maximum Gasteiger partial charge on any atom is 0.267 e. The van der Waals surface area contributed by atoms with Crippen molar-refractivity contribution < 1.29 is 9.90 Å². The number of pyridine rings is 1. The number of aromatic nitrogens is 1. The summed E-state index contributed by atoms with van der Waals surface area (Å²) in [6.45, 7) is 1.93. The number of amides is 1. The summed E-state index contributed by atoms with van der Waals surface area (Å²) in [5.41, 5.74) is 1.39. The lowest BCUT2D eigenvalue weighted by Crippen LogP contribution is -2.28. The lowest BCUT2D eigenvalue weighted by atomic mass is 10.2. The van der Waals surface area contributed by atoms with Gasteiger partial charge in [0.25, 0.3) is 11.5 Å². The zero-order valence-corrected chi connectivity index (χ0v) is 14.8. The highest BCUT2D eigenvalue weighted by Crippen LogP contribution is 2.31. The number of thiophene rings is 1. The van der Waals surface area contributed by atoms with E-state index in [4.69, 9.17) is 0 Å². The zero-order valence-electron chi connectivity index (χ0n) is 12.4. The van der Waals surface area contributed by atoms with Gasteiger partial charge in [-0.1, -0.05) is 6.07 Å². The van der Waals surface area contributed by atoms with Crippen LogP contribution in [0.5, 0.6) is 5.75 Å². The maximum atomic E-state index is 12.5. The van der Waals surface area contributed by atoms with Crippen LogP contribution in [0.1, 0.15) is 15.9 Å². The van der Waals surface area contributed by atoms with Gasteiger partial charge in [-0.05, 0) is 52.0 Å². The molecule has 0 bridgehead atoms. The Morgan fingerprint density at radius 1 is 1.35 bits per heavy atom. The van der Waals surface area contributed by atoms with Crippen molar-refractivity contribution in [1.82, 2.24) is 4.57 Å². The lowest BCUT2D eigenvalue weighted by molar-refractivity contribution is 0.102. The molecule has 1 aromatic carbocycles. The summed E-state index contributed by atoms with van der Waals surface area (Å²) in [4.78, 5) is 24.9. The van der Waals surface area contributed by atoms with Gasteiger partial charge in [-0.2, -0.15) is 0 Å². The van der Waals surface area contributed by atoms with E-state index in [1.807, 2.05) is 19.1 Å². The Labute approximate surface area is 144 Å². The van der Waals surface area contributed by atoms with Gasteiger partial charge in [-0.3, -0.25) is 9.59 Å². The van der Waals surface area contributed by atoms with Gasteiger partial charge in [0.1, 0.15) is 5.56 Å². The number of halogens is 1. The first-order valence-electron chi connectivity index (χ1n) is 6.77. The highest BCUT2D eigenvalue weighted by Gasteiger charge is 2.22. The summed E-state index contributed by atoms with van der Waals surface area (Å²) in [6, 6.07) is 7.18. The van der Waals surface area contributed by atoms with Crippen LogP contribution in [0, 0.1) is 6.92 Å². The Morgan fingerprint density at radius 2 is 2.09 bits per heavy atom. The summed E-state index contributed by atoms with van der Waals surface area (Å²) >= 11 is 4.66. The second-order valence-corrected chi connectivity index (χ2v) is 6.93. The predicted molar refractivity (Wildman–Crippen MR) is 95.6 cm³/mol. The Bertz CT molecular complexity index is 991. The minimum absolute atomic E-state index is 0.255. The number of carbonyl (C=O) groups excluding carboxylic acids is 1. The fourth-order valence-electron chi connectivity index (χ4n) is 2.35. The number of hydrogen-bond donors (Lipinski definition) is 2. The van der Waals surface area contributed by atoms with E-state index in [0.29, 0.717) is 20.4 Å². The molecule has 2 aromatic heterocycles. The Hall–Kier alpha value is -2.12. The molecule has 0 aliphatic carbocycles. The smallest absolute Gasteiger partial charge is 0.267 e. The first kappa shape index (κ1) is 15.8. The van der Waals surface area contributed by atoms with Crippen molar-refractivity contribution >= 4 is 49.1 Å². The molecule has 118 valence electrons. The van der Waals surface area contributed by atoms with E-state index >= 15 is 0 Å². The first-order chi connectivity index (χ1) is 10.9. The number of aryl methyl sites for hydroxylation is 2. The third-order valence-corrected chi connectivity index (χ3v) is 5.14. The molecule has 1 amide bonds. The molecule has 0 aliphatic heterocycles. The van der Waals surface area contributed by atoms with Gasteiger partial charge in [0.05, 0.1) is 15.9 Å². The number of aromatic hydroxyl groups is 1. The molecule has 0 radical (unpaired) electrons. The average molecular weight is 393 g/mol. The molecule has 0 unspecified atom stereocenters. The number of nitrogens with one attached hydrogen (secondary N) is 1. The molecule has 3 rings (SSSR count). The van der Waals surface area contributed by atoms with Crippen LogP contribution in [0.2, 0.25) is 0 Å². The van der Waals surface area contributed by atoms with Gasteiger partial charge in [0.15, 0.2) is 5.75 Å². The standard InChI is InChI=1S/C16H13BrN2O3S/c1-8-3-4-10(9(17)7-8)18-15(21)12-13(20)14-11(5-6-23-14)19(2)16(12)22/h3-7,20H,1-2H3,(H,18,21). The van der Waals surface area contributed by atoms with E-state index in [1.165, 1.54) is 15.9 Å². The SMILES string of the molecule is Cc1ccc(NC(=O)c2c(O)c3sccc3n(C)c2=O)c(Br)c1. The monoisotopic (exact) mass is 392 g/mol. The minimum atomic E-state index is -0.636. The van der Waals surface area contributed by atoms with Gasteiger partial charge < -0.3 is 15.0 Å². The number of benzene rings is 1. The Balaban J connectivity index is 2.09. The highest BCUT2D eigenvalue weighted by molar-refractivity contribution is 9.10. The second kappa shape index (κ2) is 5.82. The first-order valence-corrected chi connectivity index (χ1v) is 8.44. The molecule has 0 aliphatic rings. The molecular weight excluding hydrogens is 380 g/mol. The normalized spacial score (nSPS) is 10.9. The van der Waals surface area contributed by atoms with E-state index in [9.17, 15) is 14.7 Å². The third kappa shape index (κ3) is 2.66. The average Bonchev–Trinajstić information content (AvgIpc) is 2.98. The van der Waals surface area contributed by atoms with Crippen molar-refractivity contribution in [3.8, 4) is 5.75 Å². The molecule has 2 heterocycles. The van der Waals surface area contributed by atoms with E-state index in [-0.39, 0.29) is 11.3 Å². The van der Waals surface area contributed by atoms with Crippen molar-refractivity contribution in [3.63, 3.8) is 0 Å². The molecule has 0 saturated heterocycles.